The minimum Gasteiger partial charge on any atom is -0.393 e. The van der Waals surface area contributed by atoms with Crippen molar-refractivity contribution in [3.63, 3.8) is 0 Å². The van der Waals surface area contributed by atoms with Crippen LogP contribution in [0.3, 0.4) is 0 Å². The maximum absolute atomic E-state index is 10.4. The zero-order valence-corrected chi connectivity index (χ0v) is 13.1. The number of aryl methyl sites for hydroxylation is 1. The Hall–Kier alpha value is -2.45. The normalized spacial score (nSPS) is 12.0. The molecule has 2 nitrogen and oxygen atoms in total. The van der Waals surface area contributed by atoms with Crippen LogP contribution in [0.25, 0.3) is 11.3 Å². The molecule has 0 saturated carbocycles. The first-order valence-electron chi connectivity index (χ1n) is 8.04. The quantitative estimate of drug-likeness (QED) is 0.737. The van der Waals surface area contributed by atoms with Crippen molar-refractivity contribution in [3.05, 3.63) is 90.1 Å². The van der Waals surface area contributed by atoms with Gasteiger partial charge < -0.3 is 5.11 Å². The van der Waals surface area contributed by atoms with Crippen molar-refractivity contribution < 1.29 is 5.11 Å². The van der Waals surface area contributed by atoms with Crippen LogP contribution in [0.2, 0.25) is 0 Å². The molecular weight excluding hydrogens is 282 g/mol. The Morgan fingerprint density at radius 2 is 1.57 bits per heavy atom. The average Bonchev–Trinajstić information content (AvgIpc) is 2.62. The number of aliphatic hydroxyl groups is 1. The Morgan fingerprint density at radius 1 is 0.826 bits per heavy atom. The molecule has 0 bridgehead atoms. The van der Waals surface area contributed by atoms with Crippen molar-refractivity contribution in [2.75, 3.05) is 0 Å². The van der Waals surface area contributed by atoms with Crippen molar-refractivity contribution in [1.82, 2.24) is 4.98 Å². The summed E-state index contributed by atoms with van der Waals surface area (Å²) in [5, 5.41) is 10.4. The number of rotatable bonds is 6. The van der Waals surface area contributed by atoms with E-state index in [2.05, 4.69) is 29.2 Å². The predicted octanol–water partition coefficient (Wildman–Crippen LogP) is 4.28. The molecule has 0 aliphatic rings. The van der Waals surface area contributed by atoms with Crippen molar-refractivity contribution in [1.29, 1.82) is 0 Å². The van der Waals surface area contributed by atoms with Gasteiger partial charge in [0.15, 0.2) is 0 Å². The van der Waals surface area contributed by atoms with Gasteiger partial charge in [-0.05, 0) is 42.5 Å². The molecule has 3 rings (SSSR count). The predicted molar refractivity (Wildman–Crippen MR) is 94.1 cm³/mol. The summed E-state index contributed by atoms with van der Waals surface area (Å²) < 4.78 is 0. The van der Waals surface area contributed by atoms with Gasteiger partial charge in [-0.15, -0.1) is 0 Å². The summed E-state index contributed by atoms with van der Waals surface area (Å²) in [7, 11) is 0. The van der Waals surface area contributed by atoms with E-state index in [1.165, 1.54) is 5.56 Å². The van der Waals surface area contributed by atoms with Crippen LogP contribution in [-0.4, -0.2) is 16.2 Å². The molecule has 2 heteroatoms. The number of nitrogens with zero attached hydrogens (tertiary/aromatic N) is 1. The molecule has 0 unspecified atom stereocenters. The van der Waals surface area contributed by atoms with Gasteiger partial charge in [-0.1, -0.05) is 60.7 Å². The summed E-state index contributed by atoms with van der Waals surface area (Å²) in [6.45, 7) is 0. The van der Waals surface area contributed by atoms with Crippen molar-refractivity contribution in [2.24, 2.45) is 0 Å². The third-order valence-electron chi connectivity index (χ3n) is 4.02. The smallest absolute Gasteiger partial charge is 0.0704 e. The van der Waals surface area contributed by atoms with E-state index in [9.17, 15) is 5.11 Å². The number of aliphatic hydroxyl groups excluding tert-OH is 1. The maximum Gasteiger partial charge on any atom is 0.0704 e. The lowest BCUT2D eigenvalue weighted by Gasteiger charge is -2.14. The molecule has 1 N–H and O–H groups in total. The van der Waals surface area contributed by atoms with E-state index >= 15 is 0 Å². The number of hydrogen-bond donors (Lipinski definition) is 1. The van der Waals surface area contributed by atoms with Gasteiger partial charge in [0, 0.05) is 11.8 Å². The molecule has 0 spiro atoms. The van der Waals surface area contributed by atoms with Crippen LogP contribution in [0.5, 0.6) is 0 Å². The highest BCUT2D eigenvalue weighted by atomic mass is 16.3. The molecule has 116 valence electrons. The second-order valence-electron chi connectivity index (χ2n) is 5.75. The fourth-order valence-corrected chi connectivity index (χ4v) is 2.80. The monoisotopic (exact) mass is 303 g/mol. The maximum atomic E-state index is 10.4. The average molecular weight is 303 g/mol. The summed E-state index contributed by atoms with van der Waals surface area (Å²) in [6.07, 6.45) is 3.77. The summed E-state index contributed by atoms with van der Waals surface area (Å²) in [4.78, 5) is 4.43. The van der Waals surface area contributed by atoms with Crippen LogP contribution in [0.15, 0.2) is 79.0 Å². The zero-order valence-electron chi connectivity index (χ0n) is 13.1. The lowest BCUT2D eigenvalue weighted by atomic mass is 9.96. The van der Waals surface area contributed by atoms with E-state index in [4.69, 9.17) is 0 Å². The lowest BCUT2D eigenvalue weighted by molar-refractivity contribution is 0.165. The second-order valence-corrected chi connectivity index (χ2v) is 5.75. The number of hydrogen-bond acceptors (Lipinski definition) is 2. The Bertz CT molecular complexity index is 725. The third kappa shape index (κ3) is 4.27. The van der Waals surface area contributed by atoms with Crippen LogP contribution < -0.4 is 0 Å². The van der Waals surface area contributed by atoms with Crippen molar-refractivity contribution in [2.45, 2.75) is 25.4 Å². The summed E-state index contributed by atoms with van der Waals surface area (Å²) in [6, 6.07) is 24.4. The molecule has 0 radical (unpaired) electrons. The highest BCUT2D eigenvalue weighted by Crippen LogP contribution is 2.23. The topological polar surface area (TPSA) is 33.1 Å². The molecule has 0 aliphatic carbocycles. The first-order chi connectivity index (χ1) is 11.3. The Morgan fingerprint density at radius 3 is 2.35 bits per heavy atom. The molecule has 1 heterocycles. The van der Waals surface area contributed by atoms with Gasteiger partial charge in [0.1, 0.15) is 0 Å². The molecule has 0 amide bonds. The molecule has 0 saturated heterocycles. The van der Waals surface area contributed by atoms with E-state index in [0.717, 1.165) is 29.7 Å². The molecular formula is C21H21NO. The van der Waals surface area contributed by atoms with Gasteiger partial charge in [0.25, 0.3) is 0 Å². The lowest BCUT2D eigenvalue weighted by Crippen LogP contribution is -2.12. The van der Waals surface area contributed by atoms with Crippen LogP contribution >= 0.6 is 0 Å². The molecule has 3 aromatic rings. The number of aromatic nitrogens is 1. The second kappa shape index (κ2) is 7.70. The minimum absolute atomic E-state index is 0.347. The SMILES string of the molecule is O[C@H](CCc1ccccc1)Cc1ccccc1-c1ccccn1. The standard InChI is InChI=1S/C21H21NO/c23-19(14-13-17-8-2-1-3-9-17)16-18-10-4-5-11-20(18)21-12-6-7-15-22-21/h1-12,15,19,23H,13-14,16H2/t19-/m1/s1. The van der Waals surface area contributed by atoms with Crippen LogP contribution in [0, 0.1) is 0 Å². The molecule has 1 atom stereocenters. The number of benzene rings is 2. The molecule has 0 aliphatic heterocycles. The summed E-state index contributed by atoms with van der Waals surface area (Å²) in [5.41, 5.74) is 4.47. The number of pyridine rings is 1. The van der Waals surface area contributed by atoms with E-state index in [0.29, 0.717) is 6.42 Å². The molecule has 0 fully saturated rings. The van der Waals surface area contributed by atoms with Gasteiger partial charge in [-0.2, -0.15) is 0 Å². The fraction of sp³-hybridized carbons (Fsp3) is 0.190. The van der Waals surface area contributed by atoms with Gasteiger partial charge in [0.2, 0.25) is 0 Å². The largest absolute Gasteiger partial charge is 0.393 e. The van der Waals surface area contributed by atoms with Gasteiger partial charge in [-0.3, -0.25) is 4.98 Å². The highest BCUT2D eigenvalue weighted by Gasteiger charge is 2.11. The fourth-order valence-electron chi connectivity index (χ4n) is 2.80. The molecule has 1 aromatic heterocycles. The van der Waals surface area contributed by atoms with Crippen LogP contribution in [0.1, 0.15) is 17.5 Å². The van der Waals surface area contributed by atoms with E-state index in [1.807, 2.05) is 48.5 Å². The van der Waals surface area contributed by atoms with Gasteiger partial charge in [-0.25, -0.2) is 0 Å². The Kier molecular flexibility index (Phi) is 5.17. The molecule has 23 heavy (non-hydrogen) atoms. The Labute approximate surface area is 137 Å². The van der Waals surface area contributed by atoms with E-state index in [-0.39, 0.29) is 6.10 Å². The molecule has 2 aromatic carbocycles. The zero-order chi connectivity index (χ0) is 15.9. The van der Waals surface area contributed by atoms with Crippen molar-refractivity contribution in [3.8, 4) is 11.3 Å². The summed E-state index contributed by atoms with van der Waals surface area (Å²) >= 11 is 0. The van der Waals surface area contributed by atoms with Gasteiger partial charge >= 0.3 is 0 Å². The van der Waals surface area contributed by atoms with E-state index < -0.39 is 0 Å². The first-order valence-corrected chi connectivity index (χ1v) is 8.04. The van der Waals surface area contributed by atoms with Crippen molar-refractivity contribution >= 4 is 0 Å². The minimum atomic E-state index is -0.347. The first kappa shape index (κ1) is 15.4. The highest BCUT2D eigenvalue weighted by molar-refractivity contribution is 5.63. The Balaban J connectivity index is 1.68. The third-order valence-corrected chi connectivity index (χ3v) is 4.02. The summed E-state index contributed by atoms with van der Waals surface area (Å²) in [5.74, 6) is 0. The van der Waals surface area contributed by atoms with Crippen LogP contribution in [0.4, 0.5) is 0 Å². The van der Waals surface area contributed by atoms with Gasteiger partial charge in [0.05, 0.1) is 11.8 Å². The van der Waals surface area contributed by atoms with Crippen LogP contribution in [-0.2, 0) is 12.8 Å². The van der Waals surface area contributed by atoms with E-state index in [1.54, 1.807) is 6.20 Å².